The van der Waals surface area contributed by atoms with Gasteiger partial charge in [0.05, 0.1) is 4.83 Å². The molecule has 1 amide bonds. The molecule has 16 heavy (non-hydrogen) atoms. The van der Waals surface area contributed by atoms with Gasteiger partial charge in [0.2, 0.25) is 5.91 Å². The summed E-state index contributed by atoms with van der Waals surface area (Å²) in [5, 5.41) is 3.17. The Morgan fingerprint density at radius 3 is 2.12 bits per heavy atom. The zero-order chi connectivity index (χ0) is 12.3. The molecule has 3 atom stereocenters. The largest absolute Gasteiger partial charge is 0.352 e. The smallest absolute Gasteiger partial charge is 0.234 e. The second-order valence-corrected chi connectivity index (χ2v) is 6.76. The molecule has 3 heteroatoms. The number of amides is 1. The topological polar surface area (TPSA) is 29.1 Å². The lowest BCUT2D eigenvalue weighted by Crippen LogP contribution is -2.44. The zero-order valence-corrected chi connectivity index (χ0v) is 12.4. The van der Waals surface area contributed by atoms with Crippen LogP contribution < -0.4 is 5.32 Å². The van der Waals surface area contributed by atoms with E-state index in [2.05, 4.69) is 48.9 Å². The van der Waals surface area contributed by atoms with Crippen LogP contribution in [0.25, 0.3) is 0 Å². The number of halogens is 1. The van der Waals surface area contributed by atoms with Gasteiger partial charge in [-0.15, -0.1) is 0 Å². The second-order valence-electron chi connectivity index (χ2n) is 5.77. The molecular formula is C13H24BrNO. The molecule has 0 saturated heterocycles. The van der Waals surface area contributed by atoms with Crippen molar-refractivity contribution >= 4 is 21.8 Å². The third-order valence-electron chi connectivity index (χ3n) is 3.36. The first-order valence-electron chi connectivity index (χ1n) is 6.34. The molecule has 0 radical (unpaired) electrons. The van der Waals surface area contributed by atoms with Crippen molar-refractivity contribution in [3.63, 3.8) is 0 Å². The number of alkyl halides is 1. The standard InChI is InChI=1S/C13H24BrNO/c1-8(2)12(14)13(16)15-11-6-9(3)5-10(4)7-11/h8-12H,5-7H2,1-4H3,(H,15,16). The molecule has 1 fully saturated rings. The van der Waals surface area contributed by atoms with Crippen LogP contribution in [0.15, 0.2) is 0 Å². The summed E-state index contributed by atoms with van der Waals surface area (Å²) in [4.78, 5) is 11.9. The van der Waals surface area contributed by atoms with Crippen LogP contribution in [0.4, 0.5) is 0 Å². The van der Waals surface area contributed by atoms with Crippen molar-refractivity contribution in [2.75, 3.05) is 0 Å². The van der Waals surface area contributed by atoms with Gasteiger partial charge < -0.3 is 5.32 Å². The molecule has 3 unspecified atom stereocenters. The first-order valence-corrected chi connectivity index (χ1v) is 7.26. The van der Waals surface area contributed by atoms with Crippen molar-refractivity contribution in [2.45, 2.75) is 57.8 Å². The van der Waals surface area contributed by atoms with E-state index < -0.39 is 0 Å². The SMILES string of the molecule is CC1CC(C)CC(NC(=O)C(Br)C(C)C)C1. The van der Waals surface area contributed by atoms with Crippen LogP contribution in [0.5, 0.6) is 0 Å². The Labute approximate surface area is 108 Å². The number of carbonyl (C=O) groups is 1. The maximum Gasteiger partial charge on any atom is 0.234 e. The summed E-state index contributed by atoms with van der Waals surface area (Å²) in [5.74, 6) is 1.98. The van der Waals surface area contributed by atoms with Gasteiger partial charge in [0.15, 0.2) is 0 Å². The van der Waals surface area contributed by atoms with Crippen molar-refractivity contribution in [3.05, 3.63) is 0 Å². The highest BCUT2D eigenvalue weighted by atomic mass is 79.9. The van der Waals surface area contributed by atoms with Crippen molar-refractivity contribution in [1.82, 2.24) is 5.32 Å². The van der Waals surface area contributed by atoms with Gasteiger partial charge in [-0.25, -0.2) is 0 Å². The zero-order valence-electron chi connectivity index (χ0n) is 10.8. The molecule has 0 bridgehead atoms. The Bertz CT molecular complexity index is 232. The molecule has 0 aromatic rings. The van der Waals surface area contributed by atoms with Crippen LogP contribution >= 0.6 is 15.9 Å². The minimum absolute atomic E-state index is 0.0555. The third kappa shape index (κ3) is 4.08. The Morgan fingerprint density at radius 1 is 1.19 bits per heavy atom. The van der Waals surface area contributed by atoms with Crippen molar-refractivity contribution < 1.29 is 4.79 Å². The van der Waals surface area contributed by atoms with Gasteiger partial charge in [-0.3, -0.25) is 4.79 Å². The Hall–Kier alpha value is -0.0500. The minimum atomic E-state index is -0.0555. The lowest BCUT2D eigenvalue weighted by Gasteiger charge is -2.32. The fraction of sp³-hybridized carbons (Fsp3) is 0.923. The molecule has 1 aliphatic rings. The quantitative estimate of drug-likeness (QED) is 0.794. The van der Waals surface area contributed by atoms with E-state index in [0.717, 1.165) is 24.7 Å². The molecule has 1 rings (SSSR count). The van der Waals surface area contributed by atoms with Gasteiger partial charge in [-0.05, 0) is 37.0 Å². The summed E-state index contributed by atoms with van der Waals surface area (Å²) in [6.45, 7) is 8.68. The molecule has 0 aromatic carbocycles. The molecule has 0 aromatic heterocycles. The monoisotopic (exact) mass is 289 g/mol. The van der Waals surface area contributed by atoms with E-state index >= 15 is 0 Å². The van der Waals surface area contributed by atoms with E-state index in [9.17, 15) is 4.79 Å². The highest BCUT2D eigenvalue weighted by molar-refractivity contribution is 9.10. The van der Waals surface area contributed by atoms with Crippen LogP contribution in [0, 0.1) is 17.8 Å². The Kier molecular flexibility index (Phi) is 5.29. The maximum absolute atomic E-state index is 11.9. The predicted molar refractivity (Wildman–Crippen MR) is 71.7 cm³/mol. The van der Waals surface area contributed by atoms with Gasteiger partial charge in [0.25, 0.3) is 0 Å². The predicted octanol–water partition coefficient (Wildman–Crippen LogP) is 3.35. The van der Waals surface area contributed by atoms with Crippen LogP contribution in [0.2, 0.25) is 0 Å². The highest BCUT2D eigenvalue weighted by Crippen LogP contribution is 2.28. The fourth-order valence-electron chi connectivity index (χ4n) is 2.65. The highest BCUT2D eigenvalue weighted by Gasteiger charge is 2.27. The summed E-state index contributed by atoms with van der Waals surface area (Å²) in [6, 6.07) is 0.380. The van der Waals surface area contributed by atoms with E-state index in [1.165, 1.54) is 6.42 Å². The Balaban J connectivity index is 2.44. The molecule has 94 valence electrons. The van der Waals surface area contributed by atoms with Crippen molar-refractivity contribution in [3.8, 4) is 0 Å². The lowest BCUT2D eigenvalue weighted by molar-refractivity contribution is -0.122. The van der Waals surface area contributed by atoms with Gasteiger partial charge in [0, 0.05) is 6.04 Å². The lowest BCUT2D eigenvalue weighted by atomic mass is 9.80. The van der Waals surface area contributed by atoms with Crippen molar-refractivity contribution in [2.24, 2.45) is 17.8 Å². The molecule has 0 aliphatic heterocycles. The summed E-state index contributed by atoms with van der Waals surface area (Å²) < 4.78 is 0. The fourth-order valence-corrected chi connectivity index (χ4v) is 2.78. The average molecular weight is 290 g/mol. The summed E-state index contributed by atoms with van der Waals surface area (Å²) in [7, 11) is 0. The molecule has 1 aliphatic carbocycles. The summed E-state index contributed by atoms with van der Waals surface area (Å²) >= 11 is 3.45. The first kappa shape index (κ1) is 14.0. The normalized spacial score (nSPS) is 32.5. The van der Waals surface area contributed by atoms with E-state index in [1.54, 1.807) is 0 Å². The number of nitrogens with one attached hydrogen (secondary N) is 1. The van der Waals surface area contributed by atoms with Gasteiger partial charge in [0.1, 0.15) is 0 Å². The van der Waals surface area contributed by atoms with Gasteiger partial charge in [-0.1, -0.05) is 43.6 Å². The molecule has 0 spiro atoms. The van der Waals surface area contributed by atoms with Gasteiger partial charge in [-0.2, -0.15) is 0 Å². The van der Waals surface area contributed by atoms with E-state index in [-0.39, 0.29) is 10.7 Å². The summed E-state index contributed by atoms with van der Waals surface area (Å²) in [5.41, 5.74) is 0. The van der Waals surface area contributed by atoms with E-state index in [4.69, 9.17) is 0 Å². The molecule has 1 N–H and O–H groups in total. The minimum Gasteiger partial charge on any atom is -0.352 e. The number of rotatable bonds is 3. The molecule has 0 heterocycles. The van der Waals surface area contributed by atoms with E-state index in [0.29, 0.717) is 12.0 Å². The molecular weight excluding hydrogens is 266 g/mol. The average Bonchev–Trinajstić information content (AvgIpc) is 2.14. The van der Waals surface area contributed by atoms with Crippen LogP contribution in [0.3, 0.4) is 0 Å². The summed E-state index contributed by atoms with van der Waals surface area (Å²) in [6.07, 6.45) is 3.57. The van der Waals surface area contributed by atoms with Gasteiger partial charge >= 0.3 is 0 Å². The van der Waals surface area contributed by atoms with Crippen LogP contribution in [-0.2, 0) is 4.79 Å². The number of carbonyl (C=O) groups excluding carboxylic acids is 1. The third-order valence-corrected chi connectivity index (χ3v) is 4.83. The van der Waals surface area contributed by atoms with Crippen LogP contribution in [-0.4, -0.2) is 16.8 Å². The molecule has 1 saturated carbocycles. The first-order chi connectivity index (χ1) is 7.40. The number of hydrogen-bond acceptors (Lipinski definition) is 1. The number of hydrogen-bond donors (Lipinski definition) is 1. The molecule has 2 nitrogen and oxygen atoms in total. The second kappa shape index (κ2) is 6.04. The van der Waals surface area contributed by atoms with Crippen LogP contribution in [0.1, 0.15) is 47.0 Å². The van der Waals surface area contributed by atoms with E-state index in [1.807, 2.05) is 0 Å². The Morgan fingerprint density at radius 2 is 1.69 bits per heavy atom. The van der Waals surface area contributed by atoms with Crippen molar-refractivity contribution in [1.29, 1.82) is 0 Å². The maximum atomic E-state index is 11.9.